The summed E-state index contributed by atoms with van der Waals surface area (Å²) in [6, 6.07) is 1.52. The van der Waals surface area contributed by atoms with Gasteiger partial charge in [-0.15, -0.1) is 0 Å². The van der Waals surface area contributed by atoms with Crippen molar-refractivity contribution in [3.8, 4) is 0 Å². The standard InChI is InChI=1S/C9H8BrN3O2/c1-2-7-11-8-6(9(14)15)3-5(10)4-13(8)12-7/h3-4H,2H2,1H3,(H,14,15). The van der Waals surface area contributed by atoms with E-state index in [1.807, 2.05) is 6.92 Å². The van der Waals surface area contributed by atoms with Crippen LogP contribution in [0.2, 0.25) is 0 Å². The molecule has 2 aromatic heterocycles. The lowest BCUT2D eigenvalue weighted by atomic mass is 10.3. The van der Waals surface area contributed by atoms with Gasteiger partial charge in [0, 0.05) is 17.1 Å². The average Bonchev–Trinajstić information content (AvgIpc) is 2.58. The zero-order valence-corrected chi connectivity index (χ0v) is 9.52. The van der Waals surface area contributed by atoms with E-state index in [1.165, 1.54) is 10.6 Å². The van der Waals surface area contributed by atoms with Gasteiger partial charge in [-0.05, 0) is 22.0 Å². The summed E-state index contributed by atoms with van der Waals surface area (Å²) in [7, 11) is 0. The van der Waals surface area contributed by atoms with Crippen molar-refractivity contribution in [1.29, 1.82) is 0 Å². The van der Waals surface area contributed by atoms with E-state index in [4.69, 9.17) is 5.11 Å². The Hall–Kier alpha value is -1.43. The van der Waals surface area contributed by atoms with Crippen molar-refractivity contribution in [2.24, 2.45) is 0 Å². The second kappa shape index (κ2) is 3.62. The highest BCUT2D eigenvalue weighted by molar-refractivity contribution is 9.10. The lowest BCUT2D eigenvalue weighted by Gasteiger charge is -1.97. The fraction of sp³-hybridized carbons (Fsp3) is 0.222. The first-order chi connectivity index (χ1) is 7.11. The molecule has 0 aromatic carbocycles. The smallest absolute Gasteiger partial charge is 0.339 e. The summed E-state index contributed by atoms with van der Waals surface area (Å²) >= 11 is 3.23. The molecule has 2 rings (SSSR count). The topological polar surface area (TPSA) is 67.5 Å². The molecule has 2 heterocycles. The predicted octanol–water partition coefficient (Wildman–Crippen LogP) is 1.75. The fourth-order valence-corrected chi connectivity index (χ4v) is 1.73. The zero-order chi connectivity index (χ0) is 11.0. The number of aromatic nitrogens is 3. The Kier molecular flexibility index (Phi) is 2.44. The van der Waals surface area contributed by atoms with Gasteiger partial charge >= 0.3 is 5.97 Å². The van der Waals surface area contributed by atoms with E-state index in [9.17, 15) is 4.79 Å². The minimum atomic E-state index is -1.00. The van der Waals surface area contributed by atoms with E-state index in [2.05, 4.69) is 26.0 Å². The normalized spacial score (nSPS) is 10.8. The number of halogens is 1. The van der Waals surface area contributed by atoms with Crippen molar-refractivity contribution in [2.45, 2.75) is 13.3 Å². The third kappa shape index (κ3) is 1.72. The average molecular weight is 270 g/mol. The monoisotopic (exact) mass is 269 g/mol. The van der Waals surface area contributed by atoms with Gasteiger partial charge < -0.3 is 5.11 Å². The third-order valence-corrected chi connectivity index (χ3v) is 2.42. The molecule has 0 saturated heterocycles. The summed E-state index contributed by atoms with van der Waals surface area (Å²) in [6.07, 6.45) is 2.37. The summed E-state index contributed by atoms with van der Waals surface area (Å²) in [5.74, 6) is -0.369. The second-order valence-corrected chi connectivity index (χ2v) is 3.94. The van der Waals surface area contributed by atoms with Gasteiger partial charge in [0.05, 0.1) is 0 Å². The van der Waals surface area contributed by atoms with Crippen LogP contribution in [0.5, 0.6) is 0 Å². The molecule has 0 bridgehead atoms. The Morgan fingerprint density at radius 3 is 3.00 bits per heavy atom. The number of hydrogen-bond donors (Lipinski definition) is 1. The number of rotatable bonds is 2. The highest BCUT2D eigenvalue weighted by Crippen LogP contribution is 2.16. The van der Waals surface area contributed by atoms with Crippen LogP contribution in [0, 0.1) is 0 Å². The zero-order valence-electron chi connectivity index (χ0n) is 7.94. The number of aromatic carboxylic acids is 1. The Balaban J connectivity index is 2.77. The van der Waals surface area contributed by atoms with Crippen molar-refractivity contribution < 1.29 is 9.90 Å². The number of hydrogen-bond acceptors (Lipinski definition) is 3. The molecule has 0 aliphatic carbocycles. The molecule has 0 aliphatic rings. The van der Waals surface area contributed by atoms with Crippen LogP contribution in [-0.2, 0) is 6.42 Å². The summed E-state index contributed by atoms with van der Waals surface area (Å²) in [4.78, 5) is 15.1. The lowest BCUT2D eigenvalue weighted by molar-refractivity contribution is 0.0698. The number of fused-ring (bicyclic) bond motifs is 1. The number of carbonyl (C=O) groups is 1. The van der Waals surface area contributed by atoms with E-state index >= 15 is 0 Å². The number of carboxylic acids is 1. The van der Waals surface area contributed by atoms with Crippen molar-refractivity contribution in [2.75, 3.05) is 0 Å². The number of carboxylic acid groups (broad SMARTS) is 1. The number of aryl methyl sites for hydroxylation is 1. The van der Waals surface area contributed by atoms with Crippen molar-refractivity contribution in [3.05, 3.63) is 28.1 Å². The van der Waals surface area contributed by atoms with Crippen LogP contribution in [0.3, 0.4) is 0 Å². The Labute approximate surface area is 93.9 Å². The molecule has 0 saturated carbocycles. The van der Waals surface area contributed by atoms with Gasteiger partial charge in [0.25, 0.3) is 0 Å². The Morgan fingerprint density at radius 2 is 2.40 bits per heavy atom. The molecule has 0 amide bonds. The van der Waals surface area contributed by atoms with Crippen molar-refractivity contribution in [3.63, 3.8) is 0 Å². The first kappa shape index (κ1) is 10.1. The van der Waals surface area contributed by atoms with E-state index in [-0.39, 0.29) is 5.56 Å². The highest BCUT2D eigenvalue weighted by atomic mass is 79.9. The molecular weight excluding hydrogens is 262 g/mol. The van der Waals surface area contributed by atoms with Gasteiger partial charge in [-0.2, -0.15) is 5.10 Å². The van der Waals surface area contributed by atoms with Gasteiger partial charge in [0.15, 0.2) is 11.5 Å². The van der Waals surface area contributed by atoms with Crippen LogP contribution >= 0.6 is 15.9 Å². The number of nitrogens with zero attached hydrogens (tertiary/aromatic N) is 3. The molecule has 0 aliphatic heterocycles. The SMILES string of the molecule is CCc1nc2c(C(=O)O)cc(Br)cn2n1. The maximum absolute atomic E-state index is 11.0. The van der Waals surface area contributed by atoms with Crippen molar-refractivity contribution >= 4 is 27.5 Å². The van der Waals surface area contributed by atoms with Crippen LogP contribution in [0.1, 0.15) is 23.1 Å². The molecule has 2 aromatic rings. The molecule has 5 nitrogen and oxygen atoms in total. The van der Waals surface area contributed by atoms with Crippen molar-refractivity contribution in [1.82, 2.24) is 14.6 Å². The second-order valence-electron chi connectivity index (χ2n) is 3.03. The fourth-order valence-electron chi connectivity index (χ4n) is 1.30. The molecular formula is C9H8BrN3O2. The minimum absolute atomic E-state index is 0.150. The first-order valence-corrected chi connectivity index (χ1v) is 5.19. The molecule has 0 fully saturated rings. The summed E-state index contributed by atoms with van der Waals surface area (Å²) in [5, 5.41) is 13.1. The van der Waals surface area contributed by atoms with Gasteiger partial charge in [-0.3, -0.25) is 0 Å². The highest BCUT2D eigenvalue weighted by Gasteiger charge is 2.13. The molecule has 0 spiro atoms. The molecule has 1 N–H and O–H groups in total. The largest absolute Gasteiger partial charge is 0.478 e. The van der Waals surface area contributed by atoms with Gasteiger partial charge in [0.1, 0.15) is 5.56 Å². The summed E-state index contributed by atoms with van der Waals surface area (Å²) in [6.45, 7) is 1.92. The Bertz CT molecular complexity index is 535. The molecule has 0 unspecified atom stereocenters. The summed E-state index contributed by atoms with van der Waals surface area (Å²) < 4.78 is 2.15. The Morgan fingerprint density at radius 1 is 1.67 bits per heavy atom. The van der Waals surface area contributed by atoms with E-state index in [1.54, 1.807) is 6.20 Å². The van der Waals surface area contributed by atoms with Gasteiger partial charge in [0.2, 0.25) is 0 Å². The number of pyridine rings is 1. The van der Waals surface area contributed by atoms with E-state index < -0.39 is 5.97 Å². The van der Waals surface area contributed by atoms with Crippen LogP contribution in [-0.4, -0.2) is 25.7 Å². The maximum atomic E-state index is 11.0. The maximum Gasteiger partial charge on any atom is 0.339 e. The molecule has 6 heteroatoms. The first-order valence-electron chi connectivity index (χ1n) is 4.40. The summed E-state index contributed by atoms with van der Waals surface area (Å²) in [5.41, 5.74) is 0.527. The van der Waals surface area contributed by atoms with Crippen LogP contribution in [0.15, 0.2) is 16.7 Å². The molecule has 78 valence electrons. The van der Waals surface area contributed by atoms with Crippen LogP contribution in [0.4, 0.5) is 0 Å². The van der Waals surface area contributed by atoms with E-state index in [0.29, 0.717) is 22.4 Å². The quantitative estimate of drug-likeness (QED) is 0.902. The van der Waals surface area contributed by atoms with Gasteiger partial charge in [-0.25, -0.2) is 14.3 Å². The minimum Gasteiger partial charge on any atom is -0.478 e. The van der Waals surface area contributed by atoms with Crippen LogP contribution < -0.4 is 0 Å². The van der Waals surface area contributed by atoms with Crippen LogP contribution in [0.25, 0.3) is 5.65 Å². The molecule has 0 radical (unpaired) electrons. The molecule has 0 atom stereocenters. The molecule has 15 heavy (non-hydrogen) atoms. The van der Waals surface area contributed by atoms with Gasteiger partial charge in [-0.1, -0.05) is 6.92 Å². The predicted molar refractivity (Wildman–Crippen MR) is 57.0 cm³/mol. The lowest BCUT2D eigenvalue weighted by Crippen LogP contribution is -2.01. The third-order valence-electron chi connectivity index (χ3n) is 1.99. The van der Waals surface area contributed by atoms with E-state index in [0.717, 1.165) is 0 Å².